The topological polar surface area (TPSA) is 9.23 Å². The first-order chi connectivity index (χ1) is 5.83. The van der Waals surface area contributed by atoms with Gasteiger partial charge in [0.15, 0.2) is 0 Å². The van der Waals surface area contributed by atoms with Crippen LogP contribution in [0.1, 0.15) is 24.2 Å². The molecule has 1 aliphatic carbocycles. The maximum atomic E-state index is 5.45. The molecule has 1 aromatic carbocycles. The zero-order valence-electron chi connectivity index (χ0n) is 7.58. The largest absolute Gasteiger partial charge is 0.376 e. The summed E-state index contributed by atoms with van der Waals surface area (Å²) in [5.41, 5.74) is 2.84. The van der Waals surface area contributed by atoms with Crippen molar-refractivity contribution in [3.8, 4) is 0 Å². The van der Waals surface area contributed by atoms with Crippen LogP contribution in [0.2, 0.25) is 0 Å². The Labute approximate surface area is 73.4 Å². The Morgan fingerprint density at radius 1 is 1.33 bits per heavy atom. The Balaban J connectivity index is 2.40. The molecule has 1 aromatic rings. The van der Waals surface area contributed by atoms with Gasteiger partial charge in [0.1, 0.15) is 0 Å². The Hall–Kier alpha value is -0.820. The molecule has 0 fully saturated rings. The summed E-state index contributed by atoms with van der Waals surface area (Å²) in [6, 6.07) is 8.56. The van der Waals surface area contributed by atoms with E-state index in [4.69, 9.17) is 4.74 Å². The molecule has 1 heteroatoms. The average Bonchev–Trinajstić information content (AvgIpc) is 2.40. The molecule has 64 valence electrons. The zero-order valence-corrected chi connectivity index (χ0v) is 7.58. The first kappa shape index (κ1) is 7.81. The van der Waals surface area contributed by atoms with Gasteiger partial charge in [0.05, 0.1) is 6.10 Å². The van der Waals surface area contributed by atoms with Gasteiger partial charge >= 0.3 is 0 Å². The van der Waals surface area contributed by atoms with Crippen LogP contribution in [0.3, 0.4) is 0 Å². The minimum absolute atomic E-state index is 0.321. The third-order valence-corrected chi connectivity index (χ3v) is 2.67. The Morgan fingerprint density at radius 2 is 2.08 bits per heavy atom. The number of hydrogen-bond acceptors (Lipinski definition) is 1. The number of ether oxygens (including phenoxy) is 1. The van der Waals surface area contributed by atoms with Crippen molar-refractivity contribution in [2.24, 2.45) is 5.92 Å². The molecule has 0 aliphatic heterocycles. The lowest BCUT2D eigenvalue weighted by Crippen LogP contribution is -2.04. The van der Waals surface area contributed by atoms with E-state index in [0.717, 1.165) is 6.42 Å². The van der Waals surface area contributed by atoms with Crippen LogP contribution in [-0.4, -0.2) is 7.11 Å². The van der Waals surface area contributed by atoms with E-state index in [2.05, 4.69) is 31.2 Å². The van der Waals surface area contributed by atoms with Crippen molar-refractivity contribution in [2.45, 2.75) is 19.4 Å². The molecular weight excluding hydrogens is 148 g/mol. The highest BCUT2D eigenvalue weighted by molar-refractivity contribution is 5.34. The van der Waals surface area contributed by atoms with Crippen LogP contribution < -0.4 is 0 Å². The lowest BCUT2D eigenvalue weighted by Gasteiger charge is -2.13. The predicted octanol–water partition coefficient (Wildman–Crippen LogP) is 2.57. The van der Waals surface area contributed by atoms with Crippen LogP contribution in [0.5, 0.6) is 0 Å². The molecule has 0 bridgehead atoms. The van der Waals surface area contributed by atoms with Crippen molar-refractivity contribution < 1.29 is 4.74 Å². The van der Waals surface area contributed by atoms with Crippen LogP contribution >= 0.6 is 0 Å². The van der Waals surface area contributed by atoms with Gasteiger partial charge < -0.3 is 4.74 Å². The summed E-state index contributed by atoms with van der Waals surface area (Å²) in [5, 5.41) is 0. The molecule has 1 unspecified atom stereocenters. The van der Waals surface area contributed by atoms with E-state index >= 15 is 0 Å². The zero-order chi connectivity index (χ0) is 8.55. The Bertz CT molecular complexity index is 280. The van der Waals surface area contributed by atoms with Crippen molar-refractivity contribution in [3.63, 3.8) is 0 Å². The van der Waals surface area contributed by atoms with Crippen molar-refractivity contribution in [1.82, 2.24) is 0 Å². The first-order valence-electron chi connectivity index (χ1n) is 4.43. The number of benzene rings is 1. The molecule has 12 heavy (non-hydrogen) atoms. The third-order valence-electron chi connectivity index (χ3n) is 2.67. The highest BCUT2D eigenvalue weighted by Crippen LogP contribution is 2.37. The molecule has 0 saturated carbocycles. The van der Waals surface area contributed by atoms with E-state index < -0.39 is 0 Å². The average molecular weight is 162 g/mol. The number of fused-ring (bicyclic) bond motifs is 1. The molecule has 1 nitrogen and oxygen atoms in total. The quantitative estimate of drug-likeness (QED) is 0.616. The number of rotatable bonds is 1. The minimum Gasteiger partial charge on any atom is -0.376 e. The van der Waals surface area contributed by atoms with Gasteiger partial charge in [0.25, 0.3) is 0 Å². The maximum Gasteiger partial charge on any atom is 0.0852 e. The second kappa shape index (κ2) is 2.91. The van der Waals surface area contributed by atoms with Gasteiger partial charge in [0, 0.05) is 7.11 Å². The summed E-state index contributed by atoms with van der Waals surface area (Å²) >= 11 is 0. The van der Waals surface area contributed by atoms with Gasteiger partial charge in [-0.25, -0.2) is 0 Å². The molecule has 0 radical (unpaired) electrons. The van der Waals surface area contributed by atoms with Gasteiger partial charge in [-0.15, -0.1) is 0 Å². The molecule has 1 aliphatic rings. The highest BCUT2D eigenvalue weighted by atomic mass is 16.5. The standard InChI is InChI=1S/C11H14O/c1-8-7-9-5-3-4-6-10(9)11(8)12-2/h3-6,8,11H,7H2,1-2H3/t8-,11?/m0/s1. The van der Waals surface area contributed by atoms with Crippen LogP contribution in [0.25, 0.3) is 0 Å². The predicted molar refractivity (Wildman–Crippen MR) is 49.1 cm³/mol. The lowest BCUT2D eigenvalue weighted by atomic mass is 10.1. The van der Waals surface area contributed by atoms with Crippen molar-refractivity contribution in [2.75, 3.05) is 7.11 Å². The summed E-state index contributed by atoms with van der Waals surface area (Å²) in [4.78, 5) is 0. The fourth-order valence-corrected chi connectivity index (χ4v) is 2.12. The molecule has 2 rings (SSSR count). The molecule has 0 aromatic heterocycles. The van der Waals surface area contributed by atoms with Gasteiger partial charge in [-0.3, -0.25) is 0 Å². The summed E-state index contributed by atoms with van der Waals surface area (Å²) in [6.45, 7) is 2.24. The van der Waals surface area contributed by atoms with Crippen LogP contribution in [0.15, 0.2) is 24.3 Å². The molecule has 0 spiro atoms. The molecule has 0 saturated heterocycles. The molecular formula is C11H14O. The normalized spacial score (nSPS) is 27.2. The summed E-state index contributed by atoms with van der Waals surface area (Å²) in [5.74, 6) is 0.632. The summed E-state index contributed by atoms with van der Waals surface area (Å²) in [7, 11) is 1.79. The molecule has 2 atom stereocenters. The second-order valence-corrected chi connectivity index (χ2v) is 3.54. The third kappa shape index (κ3) is 1.05. The number of hydrogen-bond donors (Lipinski definition) is 0. The van der Waals surface area contributed by atoms with E-state index in [-0.39, 0.29) is 0 Å². The van der Waals surface area contributed by atoms with Crippen LogP contribution in [0.4, 0.5) is 0 Å². The van der Waals surface area contributed by atoms with Gasteiger partial charge in [-0.1, -0.05) is 31.2 Å². The fourth-order valence-electron chi connectivity index (χ4n) is 2.12. The van der Waals surface area contributed by atoms with E-state index in [1.165, 1.54) is 11.1 Å². The molecule has 0 N–H and O–H groups in total. The first-order valence-corrected chi connectivity index (χ1v) is 4.43. The second-order valence-electron chi connectivity index (χ2n) is 3.54. The smallest absolute Gasteiger partial charge is 0.0852 e. The monoisotopic (exact) mass is 162 g/mol. The van der Waals surface area contributed by atoms with Crippen molar-refractivity contribution >= 4 is 0 Å². The van der Waals surface area contributed by atoms with E-state index in [1.807, 2.05) is 0 Å². The van der Waals surface area contributed by atoms with Gasteiger partial charge in [0.2, 0.25) is 0 Å². The Kier molecular flexibility index (Phi) is 1.89. The van der Waals surface area contributed by atoms with E-state index in [0.29, 0.717) is 12.0 Å². The SMILES string of the molecule is COC1c2ccccc2C[C@@H]1C. The van der Waals surface area contributed by atoms with Crippen LogP contribution in [0, 0.1) is 5.92 Å². The van der Waals surface area contributed by atoms with Crippen LogP contribution in [-0.2, 0) is 11.2 Å². The van der Waals surface area contributed by atoms with Crippen molar-refractivity contribution in [1.29, 1.82) is 0 Å². The van der Waals surface area contributed by atoms with Gasteiger partial charge in [-0.05, 0) is 23.5 Å². The van der Waals surface area contributed by atoms with Gasteiger partial charge in [-0.2, -0.15) is 0 Å². The summed E-state index contributed by atoms with van der Waals surface area (Å²) in [6.07, 6.45) is 1.48. The number of methoxy groups -OCH3 is 1. The summed E-state index contributed by atoms with van der Waals surface area (Å²) < 4.78 is 5.45. The Morgan fingerprint density at radius 3 is 2.83 bits per heavy atom. The van der Waals surface area contributed by atoms with E-state index in [1.54, 1.807) is 7.11 Å². The van der Waals surface area contributed by atoms with E-state index in [9.17, 15) is 0 Å². The van der Waals surface area contributed by atoms with Crippen molar-refractivity contribution in [3.05, 3.63) is 35.4 Å². The molecule has 0 amide bonds. The lowest BCUT2D eigenvalue weighted by molar-refractivity contribution is 0.0695. The molecule has 0 heterocycles. The highest BCUT2D eigenvalue weighted by Gasteiger charge is 2.28. The maximum absolute atomic E-state index is 5.45. The fraction of sp³-hybridized carbons (Fsp3) is 0.455. The minimum atomic E-state index is 0.321.